The lowest BCUT2D eigenvalue weighted by Gasteiger charge is -2.10. The number of hydrogen-bond acceptors (Lipinski definition) is 5. The van der Waals surface area contributed by atoms with Crippen molar-refractivity contribution < 1.29 is 23.1 Å². The Morgan fingerprint density at radius 1 is 1.25 bits per heavy atom. The van der Waals surface area contributed by atoms with Crippen LogP contribution in [0.5, 0.6) is 5.75 Å². The highest BCUT2D eigenvalue weighted by molar-refractivity contribution is 7.89. The zero-order valence-electron chi connectivity index (χ0n) is 12.7. The van der Waals surface area contributed by atoms with E-state index >= 15 is 0 Å². The number of carbonyl (C=O) groups is 1. The third-order valence-corrected chi connectivity index (χ3v) is 4.66. The van der Waals surface area contributed by atoms with Crippen LogP contribution in [-0.4, -0.2) is 26.6 Å². The number of nitrogens with zero attached hydrogens (tertiary/aromatic N) is 1. The van der Waals surface area contributed by atoms with Gasteiger partial charge < -0.3 is 9.84 Å². The lowest BCUT2D eigenvalue weighted by atomic mass is 10.1. The fourth-order valence-electron chi connectivity index (χ4n) is 1.98. The maximum atomic E-state index is 12.3. The largest absolute Gasteiger partial charge is 0.496 e. The van der Waals surface area contributed by atoms with Gasteiger partial charge in [-0.3, -0.25) is 0 Å². The second-order valence-corrected chi connectivity index (χ2v) is 6.57. The number of benzene rings is 2. The van der Waals surface area contributed by atoms with Crippen LogP contribution in [0.3, 0.4) is 0 Å². The summed E-state index contributed by atoms with van der Waals surface area (Å²) in [6.07, 6.45) is 0. The first kappa shape index (κ1) is 17.5. The van der Waals surface area contributed by atoms with E-state index in [1.165, 1.54) is 19.2 Å². The predicted octanol–water partition coefficient (Wildman–Crippen LogP) is 1.74. The normalized spacial score (nSPS) is 10.8. The van der Waals surface area contributed by atoms with Gasteiger partial charge in [0.15, 0.2) is 0 Å². The lowest BCUT2D eigenvalue weighted by Crippen LogP contribution is -2.23. The maximum Gasteiger partial charge on any atom is 0.339 e. The van der Waals surface area contributed by atoms with Crippen molar-refractivity contribution >= 4 is 16.0 Å². The maximum absolute atomic E-state index is 12.3. The third-order valence-electron chi connectivity index (χ3n) is 3.26. The van der Waals surface area contributed by atoms with Crippen molar-refractivity contribution in [3.8, 4) is 11.8 Å². The molecule has 0 saturated carbocycles. The van der Waals surface area contributed by atoms with Crippen LogP contribution in [0.2, 0.25) is 0 Å². The average molecular weight is 346 g/mol. The Morgan fingerprint density at radius 3 is 2.46 bits per heavy atom. The molecule has 0 fully saturated rings. The number of rotatable bonds is 6. The molecule has 0 aliphatic heterocycles. The van der Waals surface area contributed by atoms with Crippen LogP contribution in [-0.2, 0) is 16.6 Å². The van der Waals surface area contributed by atoms with E-state index in [4.69, 9.17) is 15.1 Å². The molecule has 0 heterocycles. The molecule has 0 aliphatic rings. The summed E-state index contributed by atoms with van der Waals surface area (Å²) in [5.74, 6) is -1.20. The monoisotopic (exact) mass is 346 g/mol. The van der Waals surface area contributed by atoms with Gasteiger partial charge in [-0.15, -0.1) is 0 Å². The summed E-state index contributed by atoms with van der Waals surface area (Å²) in [5.41, 5.74) is 0.908. The standard InChI is InChI=1S/C16H14N2O5S/c1-23-15-7-6-13(8-14(15)16(19)20)24(21,22)18-10-12-4-2-11(9-17)3-5-12/h2-8,18H,10H2,1H3,(H,19,20). The number of nitrogens with one attached hydrogen (secondary N) is 1. The molecule has 0 unspecified atom stereocenters. The molecule has 0 bridgehead atoms. The van der Waals surface area contributed by atoms with Crippen molar-refractivity contribution in [2.45, 2.75) is 11.4 Å². The number of nitriles is 1. The smallest absolute Gasteiger partial charge is 0.339 e. The molecule has 0 aliphatic carbocycles. The molecular formula is C16H14N2O5S. The fourth-order valence-corrected chi connectivity index (χ4v) is 3.02. The van der Waals surface area contributed by atoms with Gasteiger partial charge >= 0.3 is 5.97 Å². The van der Waals surface area contributed by atoms with Crippen molar-refractivity contribution in [2.75, 3.05) is 7.11 Å². The highest BCUT2D eigenvalue weighted by atomic mass is 32.2. The minimum absolute atomic E-state index is 0.0163. The lowest BCUT2D eigenvalue weighted by molar-refractivity contribution is 0.0693. The number of methoxy groups -OCH3 is 1. The molecule has 8 heteroatoms. The first-order chi connectivity index (χ1) is 11.4. The van der Waals surface area contributed by atoms with Gasteiger partial charge in [-0.25, -0.2) is 17.9 Å². The van der Waals surface area contributed by atoms with Crippen LogP contribution < -0.4 is 9.46 Å². The highest BCUT2D eigenvalue weighted by Gasteiger charge is 2.19. The van der Waals surface area contributed by atoms with Gasteiger partial charge in [0.05, 0.1) is 23.6 Å². The van der Waals surface area contributed by atoms with Crippen LogP contribution in [0, 0.1) is 11.3 Å². The zero-order chi connectivity index (χ0) is 17.7. The summed E-state index contributed by atoms with van der Waals surface area (Å²) in [7, 11) is -2.58. The molecule has 0 radical (unpaired) electrons. The number of aromatic carboxylic acids is 1. The van der Waals surface area contributed by atoms with Crippen LogP contribution in [0.1, 0.15) is 21.5 Å². The third kappa shape index (κ3) is 3.90. The SMILES string of the molecule is COc1ccc(S(=O)(=O)NCc2ccc(C#N)cc2)cc1C(=O)O. The molecule has 2 rings (SSSR count). The van der Waals surface area contributed by atoms with Gasteiger partial charge in [0.2, 0.25) is 10.0 Å². The summed E-state index contributed by atoms with van der Waals surface area (Å²) >= 11 is 0. The molecule has 7 nitrogen and oxygen atoms in total. The summed E-state index contributed by atoms with van der Waals surface area (Å²) < 4.78 is 31.9. The van der Waals surface area contributed by atoms with E-state index in [2.05, 4.69) is 4.72 Å². The van der Waals surface area contributed by atoms with Crippen LogP contribution >= 0.6 is 0 Å². The molecule has 24 heavy (non-hydrogen) atoms. The van der Waals surface area contributed by atoms with Crippen LogP contribution in [0.15, 0.2) is 47.4 Å². The van der Waals surface area contributed by atoms with E-state index in [1.807, 2.05) is 6.07 Å². The Balaban J connectivity index is 2.22. The number of ether oxygens (including phenoxy) is 1. The number of carboxylic acid groups (broad SMARTS) is 1. The van der Waals surface area contributed by atoms with Gasteiger partial charge in [-0.2, -0.15) is 5.26 Å². The number of sulfonamides is 1. The first-order valence-electron chi connectivity index (χ1n) is 6.77. The molecular weight excluding hydrogens is 332 g/mol. The molecule has 2 N–H and O–H groups in total. The average Bonchev–Trinajstić information content (AvgIpc) is 2.59. The van der Waals surface area contributed by atoms with Gasteiger partial charge in [0.25, 0.3) is 0 Å². The van der Waals surface area contributed by atoms with Gasteiger partial charge in [0.1, 0.15) is 11.3 Å². The van der Waals surface area contributed by atoms with Gasteiger partial charge in [-0.1, -0.05) is 12.1 Å². The zero-order valence-corrected chi connectivity index (χ0v) is 13.5. The molecule has 0 aromatic heterocycles. The summed E-state index contributed by atoms with van der Waals surface area (Å²) in [6.45, 7) is 0.0163. The Bertz CT molecular complexity index is 899. The topological polar surface area (TPSA) is 116 Å². The van der Waals surface area contributed by atoms with Crippen LogP contribution in [0.4, 0.5) is 0 Å². The molecule has 0 atom stereocenters. The van der Waals surface area contributed by atoms with Crippen molar-refractivity contribution in [3.63, 3.8) is 0 Å². The molecule has 124 valence electrons. The van der Waals surface area contributed by atoms with E-state index in [-0.39, 0.29) is 22.8 Å². The van der Waals surface area contributed by atoms with Gasteiger partial charge in [-0.05, 0) is 35.9 Å². The Hall–Kier alpha value is -2.89. The molecule has 2 aromatic rings. The van der Waals surface area contributed by atoms with E-state index in [1.54, 1.807) is 24.3 Å². The number of carboxylic acids is 1. The van der Waals surface area contributed by atoms with Gasteiger partial charge in [0, 0.05) is 6.54 Å². The molecule has 2 aromatic carbocycles. The Morgan fingerprint density at radius 2 is 1.92 bits per heavy atom. The molecule has 0 spiro atoms. The van der Waals surface area contributed by atoms with Crippen molar-refractivity contribution in [3.05, 3.63) is 59.2 Å². The highest BCUT2D eigenvalue weighted by Crippen LogP contribution is 2.22. The minimum Gasteiger partial charge on any atom is -0.496 e. The van der Waals surface area contributed by atoms with Crippen molar-refractivity contribution in [1.29, 1.82) is 5.26 Å². The summed E-state index contributed by atoms with van der Waals surface area (Å²) in [4.78, 5) is 11.0. The summed E-state index contributed by atoms with van der Waals surface area (Å²) in [6, 6.07) is 12.0. The fraction of sp³-hybridized carbons (Fsp3) is 0.125. The minimum atomic E-state index is -3.89. The first-order valence-corrected chi connectivity index (χ1v) is 8.25. The second kappa shape index (κ2) is 7.12. The predicted molar refractivity (Wildman–Crippen MR) is 85.1 cm³/mol. The van der Waals surface area contributed by atoms with E-state index < -0.39 is 16.0 Å². The molecule has 0 saturated heterocycles. The Labute approximate surface area is 139 Å². The van der Waals surface area contributed by atoms with Crippen LogP contribution in [0.25, 0.3) is 0 Å². The Kier molecular flexibility index (Phi) is 5.18. The van der Waals surface area contributed by atoms with Crippen molar-refractivity contribution in [2.24, 2.45) is 0 Å². The van der Waals surface area contributed by atoms with E-state index in [9.17, 15) is 13.2 Å². The second-order valence-electron chi connectivity index (χ2n) is 4.80. The van der Waals surface area contributed by atoms with Crippen molar-refractivity contribution in [1.82, 2.24) is 4.72 Å². The molecule has 0 amide bonds. The van der Waals surface area contributed by atoms with E-state index in [0.29, 0.717) is 11.1 Å². The van der Waals surface area contributed by atoms with E-state index in [0.717, 1.165) is 6.07 Å². The quantitative estimate of drug-likeness (QED) is 0.823. The summed E-state index contributed by atoms with van der Waals surface area (Å²) in [5, 5.41) is 17.9. The number of hydrogen-bond donors (Lipinski definition) is 2.